The van der Waals surface area contributed by atoms with E-state index in [1.807, 2.05) is 0 Å². The summed E-state index contributed by atoms with van der Waals surface area (Å²) in [5.74, 6) is 0.840. The van der Waals surface area contributed by atoms with Crippen molar-refractivity contribution in [2.24, 2.45) is 11.7 Å². The zero-order valence-corrected chi connectivity index (χ0v) is 12.8. The van der Waals surface area contributed by atoms with E-state index in [0.717, 1.165) is 12.3 Å². The Morgan fingerprint density at radius 1 is 1.25 bits per heavy atom. The van der Waals surface area contributed by atoms with Crippen LogP contribution in [-0.2, 0) is 6.42 Å². The summed E-state index contributed by atoms with van der Waals surface area (Å²) in [5, 5.41) is 0. The zero-order valence-electron chi connectivity index (χ0n) is 12.8. The standard InChI is InChI=1S/C17H27N3/c1-19-9-7-13(8-10-19)12-20(2)16-11-14-5-3-4-6-15(14)17(16)18/h3-6,13,16-17H,7-12,18H2,1-2H3. The molecule has 20 heavy (non-hydrogen) atoms. The molecule has 0 spiro atoms. The summed E-state index contributed by atoms with van der Waals surface area (Å²) >= 11 is 0. The highest BCUT2D eigenvalue weighted by atomic mass is 15.2. The summed E-state index contributed by atoms with van der Waals surface area (Å²) in [6.07, 6.45) is 3.77. The second-order valence-corrected chi connectivity index (χ2v) is 6.68. The SMILES string of the molecule is CN1CCC(CN(C)C2Cc3ccccc3C2N)CC1. The maximum atomic E-state index is 6.47. The number of hydrogen-bond donors (Lipinski definition) is 1. The van der Waals surface area contributed by atoms with Gasteiger partial charge in [0.25, 0.3) is 0 Å². The van der Waals surface area contributed by atoms with Crippen LogP contribution in [0.2, 0.25) is 0 Å². The van der Waals surface area contributed by atoms with Gasteiger partial charge < -0.3 is 15.5 Å². The average molecular weight is 273 g/mol. The first-order valence-electron chi connectivity index (χ1n) is 7.87. The Morgan fingerprint density at radius 3 is 2.65 bits per heavy atom. The van der Waals surface area contributed by atoms with E-state index in [2.05, 4.69) is 48.2 Å². The minimum absolute atomic E-state index is 0.183. The lowest BCUT2D eigenvalue weighted by atomic mass is 9.95. The Labute approximate surface area is 122 Å². The lowest BCUT2D eigenvalue weighted by Crippen LogP contribution is -2.43. The predicted molar refractivity (Wildman–Crippen MR) is 83.7 cm³/mol. The first-order valence-corrected chi connectivity index (χ1v) is 7.87. The highest BCUT2D eigenvalue weighted by molar-refractivity contribution is 5.36. The smallest absolute Gasteiger partial charge is 0.0459 e. The quantitative estimate of drug-likeness (QED) is 0.913. The van der Waals surface area contributed by atoms with Gasteiger partial charge in [0.15, 0.2) is 0 Å². The molecular formula is C17H27N3. The highest BCUT2D eigenvalue weighted by Gasteiger charge is 2.33. The van der Waals surface area contributed by atoms with E-state index in [1.54, 1.807) is 0 Å². The number of nitrogens with zero attached hydrogens (tertiary/aromatic N) is 2. The molecule has 0 bridgehead atoms. The zero-order chi connectivity index (χ0) is 14.1. The summed E-state index contributed by atoms with van der Waals surface area (Å²) in [4.78, 5) is 4.95. The number of likely N-dealkylation sites (tertiary alicyclic amines) is 1. The molecule has 1 aromatic carbocycles. The Bertz CT molecular complexity index is 451. The minimum Gasteiger partial charge on any atom is -0.323 e. The Balaban J connectivity index is 1.60. The van der Waals surface area contributed by atoms with E-state index >= 15 is 0 Å². The van der Waals surface area contributed by atoms with Crippen LogP contribution in [0.1, 0.15) is 30.0 Å². The number of likely N-dealkylation sites (N-methyl/N-ethyl adjacent to an activating group) is 1. The monoisotopic (exact) mass is 273 g/mol. The van der Waals surface area contributed by atoms with E-state index < -0.39 is 0 Å². The van der Waals surface area contributed by atoms with Crippen molar-refractivity contribution in [2.75, 3.05) is 33.7 Å². The lowest BCUT2D eigenvalue weighted by molar-refractivity contribution is 0.142. The van der Waals surface area contributed by atoms with Crippen molar-refractivity contribution in [3.8, 4) is 0 Å². The van der Waals surface area contributed by atoms with Crippen LogP contribution >= 0.6 is 0 Å². The third-order valence-electron chi connectivity index (χ3n) is 5.21. The van der Waals surface area contributed by atoms with E-state index in [9.17, 15) is 0 Å². The van der Waals surface area contributed by atoms with E-state index in [4.69, 9.17) is 5.73 Å². The van der Waals surface area contributed by atoms with Gasteiger partial charge >= 0.3 is 0 Å². The maximum Gasteiger partial charge on any atom is 0.0459 e. The van der Waals surface area contributed by atoms with Crippen LogP contribution in [0.4, 0.5) is 0 Å². The molecule has 3 rings (SSSR count). The maximum absolute atomic E-state index is 6.47. The molecule has 2 unspecified atom stereocenters. The van der Waals surface area contributed by atoms with Gasteiger partial charge in [-0.25, -0.2) is 0 Å². The van der Waals surface area contributed by atoms with Gasteiger partial charge in [0.05, 0.1) is 0 Å². The fourth-order valence-electron chi connectivity index (χ4n) is 3.82. The van der Waals surface area contributed by atoms with Gasteiger partial charge in [-0.05, 0) is 63.5 Å². The molecule has 3 nitrogen and oxygen atoms in total. The molecule has 1 saturated heterocycles. The molecule has 0 amide bonds. The second kappa shape index (κ2) is 5.84. The molecule has 2 aliphatic rings. The topological polar surface area (TPSA) is 32.5 Å². The molecule has 2 N–H and O–H groups in total. The molecule has 1 aromatic rings. The van der Waals surface area contributed by atoms with Gasteiger partial charge in [-0.15, -0.1) is 0 Å². The molecular weight excluding hydrogens is 246 g/mol. The fourth-order valence-corrected chi connectivity index (χ4v) is 3.82. The second-order valence-electron chi connectivity index (χ2n) is 6.68. The van der Waals surface area contributed by atoms with Gasteiger partial charge in [-0.1, -0.05) is 24.3 Å². The molecule has 0 radical (unpaired) electrons. The van der Waals surface area contributed by atoms with Gasteiger partial charge in [-0.3, -0.25) is 0 Å². The van der Waals surface area contributed by atoms with Crippen molar-refractivity contribution in [1.29, 1.82) is 0 Å². The molecule has 110 valence electrons. The third kappa shape index (κ3) is 2.76. The number of benzene rings is 1. The van der Waals surface area contributed by atoms with Crippen LogP contribution in [0.3, 0.4) is 0 Å². The number of piperidine rings is 1. The van der Waals surface area contributed by atoms with Crippen LogP contribution in [0.25, 0.3) is 0 Å². The van der Waals surface area contributed by atoms with Gasteiger partial charge in [0.2, 0.25) is 0 Å². The minimum atomic E-state index is 0.183. The summed E-state index contributed by atoms with van der Waals surface area (Å²) in [5.41, 5.74) is 9.27. The summed E-state index contributed by atoms with van der Waals surface area (Å²) < 4.78 is 0. The van der Waals surface area contributed by atoms with E-state index in [-0.39, 0.29) is 6.04 Å². The number of rotatable bonds is 3. The molecule has 2 atom stereocenters. The largest absolute Gasteiger partial charge is 0.323 e. The average Bonchev–Trinajstić information content (AvgIpc) is 2.79. The molecule has 0 aromatic heterocycles. The van der Waals surface area contributed by atoms with Gasteiger partial charge in [0.1, 0.15) is 0 Å². The molecule has 1 fully saturated rings. The molecule has 0 saturated carbocycles. The molecule has 3 heteroatoms. The van der Waals surface area contributed by atoms with Gasteiger partial charge in [-0.2, -0.15) is 0 Å². The number of fused-ring (bicyclic) bond motifs is 1. The normalized spacial score (nSPS) is 28.0. The lowest BCUT2D eigenvalue weighted by Gasteiger charge is -2.35. The number of hydrogen-bond acceptors (Lipinski definition) is 3. The Hall–Kier alpha value is -0.900. The Kier molecular flexibility index (Phi) is 4.11. The van der Waals surface area contributed by atoms with Crippen molar-refractivity contribution in [3.63, 3.8) is 0 Å². The molecule has 1 heterocycles. The summed E-state index contributed by atoms with van der Waals surface area (Å²) in [6.45, 7) is 3.69. The van der Waals surface area contributed by atoms with Crippen LogP contribution in [-0.4, -0.2) is 49.6 Å². The van der Waals surface area contributed by atoms with E-state index in [1.165, 1.54) is 43.6 Å². The van der Waals surface area contributed by atoms with Crippen molar-refractivity contribution < 1.29 is 0 Å². The summed E-state index contributed by atoms with van der Waals surface area (Å²) in [7, 11) is 4.48. The third-order valence-corrected chi connectivity index (χ3v) is 5.21. The van der Waals surface area contributed by atoms with Crippen LogP contribution in [0.5, 0.6) is 0 Å². The first-order chi connectivity index (χ1) is 9.65. The highest BCUT2D eigenvalue weighted by Crippen LogP contribution is 2.33. The first kappa shape index (κ1) is 14.1. The summed E-state index contributed by atoms with van der Waals surface area (Å²) in [6, 6.07) is 9.33. The fraction of sp³-hybridized carbons (Fsp3) is 0.647. The molecule has 1 aliphatic heterocycles. The van der Waals surface area contributed by atoms with Gasteiger partial charge in [0, 0.05) is 18.6 Å². The van der Waals surface area contributed by atoms with Crippen LogP contribution in [0, 0.1) is 5.92 Å². The van der Waals surface area contributed by atoms with E-state index in [0.29, 0.717) is 6.04 Å². The number of nitrogens with two attached hydrogens (primary N) is 1. The van der Waals surface area contributed by atoms with Crippen LogP contribution in [0.15, 0.2) is 24.3 Å². The van der Waals surface area contributed by atoms with Crippen LogP contribution < -0.4 is 5.73 Å². The van der Waals surface area contributed by atoms with Crippen molar-refractivity contribution in [1.82, 2.24) is 9.80 Å². The van der Waals surface area contributed by atoms with Crippen molar-refractivity contribution in [3.05, 3.63) is 35.4 Å². The predicted octanol–water partition coefficient (Wildman–Crippen LogP) is 1.88. The van der Waals surface area contributed by atoms with Crippen molar-refractivity contribution >= 4 is 0 Å². The Morgan fingerprint density at radius 2 is 1.95 bits per heavy atom. The van der Waals surface area contributed by atoms with Crippen molar-refractivity contribution in [2.45, 2.75) is 31.3 Å². The molecule has 1 aliphatic carbocycles.